The molecule has 0 atom stereocenters. The van der Waals surface area contributed by atoms with Gasteiger partial charge in [0.25, 0.3) is 5.91 Å². The van der Waals surface area contributed by atoms with Gasteiger partial charge in [0.1, 0.15) is 0 Å². The van der Waals surface area contributed by atoms with Crippen molar-refractivity contribution in [3.8, 4) is 0 Å². The molecule has 0 radical (unpaired) electrons. The number of aromatic nitrogens is 2. The molecule has 3 N–H and O–H groups in total. The SMILES string of the molecule is CC(C)(NC(=O)c1cccc(Cl)c1)c1noc(CC2(CN)CCCCC2)n1. The van der Waals surface area contributed by atoms with Crippen LogP contribution in [0.3, 0.4) is 0 Å². The van der Waals surface area contributed by atoms with Gasteiger partial charge in [0.2, 0.25) is 5.89 Å². The molecular formula is C20H27ClN4O2. The number of carbonyl (C=O) groups excluding carboxylic acids is 1. The molecule has 0 saturated heterocycles. The zero-order chi connectivity index (χ0) is 19.5. The Morgan fingerprint density at radius 1 is 1.33 bits per heavy atom. The fraction of sp³-hybridized carbons (Fsp3) is 0.550. The van der Waals surface area contributed by atoms with Crippen LogP contribution in [-0.2, 0) is 12.0 Å². The number of nitrogens with zero attached hydrogens (tertiary/aromatic N) is 2. The lowest BCUT2D eigenvalue weighted by atomic mass is 9.72. The van der Waals surface area contributed by atoms with Gasteiger partial charge >= 0.3 is 0 Å². The summed E-state index contributed by atoms with van der Waals surface area (Å²) in [6.07, 6.45) is 6.53. The number of halogens is 1. The first-order valence-corrected chi connectivity index (χ1v) is 9.83. The molecule has 146 valence electrons. The fourth-order valence-corrected chi connectivity index (χ4v) is 3.89. The zero-order valence-electron chi connectivity index (χ0n) is 15.9. The van der Waals surface area contributed by atoms with Gasteiger partial charge < -0.3 is 15.6 Å². The number of hydrogen-bond acceptors (Lipinski definition) is 5. The minimum absolute atomic E-state index is 0.0518. The smallest absolute Gasteiger partial charge is 0.252 e. The van der Waals surface area contributed by atoms with Crippen LogP contribution >= 0.6 is 11.6 Å². The summed E-state index contributed by atoms with van der Waals surface area (Å²) >= 11 is 5.97. The number of nitrogens with one attached hydrogen (secondary N) is 1. The molecule has 3 rings (SSSR count). The van der Waals surface area contributed by atoms with Gasteiger partial charge in [0.05, 0.1) is 5.54 Å². The Balaban J connectivity index is 1.71. The van der Waals surface area contributed by atoms with E-state index in [4.69, 9.17) is 21.9 Å². The summed E-state index contributed by atoms with van der Waals surface area (Å²) in [6, 6.07) is 6.82. The third-order valence-electron chi connectivity index (χ3n) is 5.41. The van der Waals surface area contributed by atoms with Crippen LogP contribution < -0.4 is 11.1 Å². The molecule has 0 bridgehead atoms. The van der Waals surface area contributed by atoms with Gasteiger partial charge in [-0.15, -0.1) is 0 Å². The van der Waals surface area contributed by atoms with Crippen LogP contribution in [-0.4, -0.2) is 22.6 Å². The van der Waals surface area contributed by atoms with E-state index in [0.717, 1.165) is 12.8 Å². The number of nitrogens with two attached hydrogens (primary N) is 1. The molecule has 7 heteroatoms. The highest BCUT2D eigenvalue weighted by molar-refractivity contribution is 6.30. The molecule has 1 aliphatic rings. The second-order valence-electron chi connectivity index (χ2n) is 8.04. The van der Waals surface area contributed by atoms with E-state index < -0.39 is 5.54 Å². The standard InChI is InChI=1S/C20H27ClN4O2/c1-19(2,24-17(26)14-7-6-8-15(21)11-14)18-23-16(27-25-18)12-20(13-22)9-4-3-5-10-20/h6-8,11H,3-5,9-10,12-13,22H2,1-2H3,(H,24,26). The monoisotopic (exact) mass is 390 g/mol. The maximum atomic E-state index is 12.5. The molecule has 1 fully saturated rings. The van der Waals surface area contributed by atoms with Gasteiger partial charge in [0, 0.05) is 17.0 Å². The van der Waals surface area contributed by atoms with Crippen LogP contribution in [0, 0.1) is 5.41 Å². The van der Waals surface area contributed by atoms with Gasteiger partial charge in [-0.1, -0.05) is 42.1 Å². The highest BCUT2D eigenvalue weighted by Gasteiger charge is 2.35. The Bertz CT molecular complexity index is 797. The summed E-state index contributed by atoms with van der Waals surface area (Å²) in [5.41, 5.74) is 5.83. The minimum atomic E-state index is -0.774. The van der Waals surface area contributed by atoms with Gasteiger partial charge in [0.15, 0.2) is 5.82 Å². The fourth-order valence-electron chi connectivity index (χ4n) is 3.70. The number of hydrogen-bond donors (Lipinski definition) is 2. The normalized spacial score (nSPS) is 16.9. The molecule has 0 aliphatic heterocycles. The topological polar surface area (TPSA) is 94.0 Å². The van der Waals surface area contributed by atoms with Crippen molar-refractivity contribution in [3.63, 3.8) is 0 Å². The van der Waals surface area contributed by atoms with E-state index in [1.165, 1.54) is 19.3 Å². The molecule has 0 unspecified atom stereocenters. The van der Waals surface area contributed by atoms with E-state index in [9.17, 15) is 4.79 Å². The van der Waals surface area contributed by atoms with E-state index in [1.807, 2.05) is 13.8 Å². The average Bonchev–Trinajstić information content (AvgIpc) is 3.11. The van der Waals surface area contributed by atoms with Gasteiger partial charge in [-0.3, -0.25) is 4.79 Å². The summed E-state index contributed by atoms with van der Waals surface area (Å²) in [6.45, 7) is 4.33. The second kappa shape index (κ2) is 7.98. The molecule has 1 heterocycles. The van der Waals surface area contributed by atoms with Crippen molar-refractivity contribution in [2.24, 2.45) is 11.1 Å². The highest BCUT2D eigenvalue weighted by atomic mass is 35.5. The van der Waals surface area contributed by atoms with Crippen LogP contribution in [0.15, 0.2) is 28.8 Å². The quantitative estimate of drug-likeness (QED) is 0.781. The van der Waals surface area contributed by atoms with Crippen LogP contribution in [0.2, 0.25) is 5.02 Å². The third kappa shape index (κ3) is 4.68. The Hall–Kier alpha value is -1.92. The van der Waals surface area contributed by atoms with E-state index in [2.05, 4.69) is 15.5 Å². The first-order chi connectivity index (χ1) is 12.8. The second-order valence-corrected chi connectivity index (χ2v) is 8.48. The lowest BCUT2D eigenvalue weighted by molar-refractivity contribution is 0.0907. The third-order valence-corrected chi connectivity index (χ3v) is 5.65. The van der Waals surface area contributed by atoms with Crippen molar-refractivity contribution in [1.82, 2.24) is 15.5 Å². The zero-order valence-corrected chi connectivity index (χ0v) is 16.7. The lowest BCUT2D eigenvalue weighted by Gasteiger charge is -2.35. The summed E-state index contributed by atoms with van der Waals surface area (Å²) in [4.78, 5) is 17.1. The molecule has 0 spiro atoms. The predicted octanol–water partition coefficient (Wildman–Crippen LogP) is 3.84. The van der Waals surface area contributed by atoms with Crippen LogP contribution in [0.5, 0.6) is 0 Å². The minimum Gasteiger partial charge on any atom is -0.340 e. The van der Waals surface area contributed by atoms with Crippen molar-refractivity contribution in [3.05, 3.63) is 46.6 Å². The van der Waals surface area contributed by atoms with E-state index in [1.54, 1.807) is 24.3 Å². The number of amides is 1. The largest absolute Gasteiger partial charge is 0.340 e. The summed E-state index contributed by atoms with van der Waals surface area (Å²) in [5, 5.41) is 7.58. The molecule has 1 saturated carbocycles. The van der Waals surface area contributed by atoms with E-state index >= 15 is 0 Å². The molecule has 1 aliphatic carbocycles. The van der Waals surface area contributed by atoms with Crippen LogP contribution in [0.4, 0.5) is 0 Å². The van der Waals surface area contributed by atoms with Gasteiger partial charge in [-0.2, -0.15) is 4.98 Å². The molecule has 2 aromatic rings. The van der Waals surface area contributed by atoms with Crippen LogP contribution in [0.1, 0.15) is 68.0 Å². The lowest BCUT2D eigenvalue weighted by Crippen LogP contribution is -2.42. The molecule has 1 aromatic heterocycles. The number of benzene rings is 1. The first kappa shape index (κ1) is 19.8. The van der Waals surface area contributed by atoms with Gasteiger partial charge in [-0.25, -0.2) is 0 Å². The van der Waals surface area contributed by atoms with Crippen molar-refractivity contribution < 1.29 is 9.32 Å². The first-order valence-electron chi connectivity index (χ1n) is 9.45. The van der Waals surface area contributed by atoms with E-state index in [-0.39, 0.29) is 11.3 Å². The van der Waals surface area contributed by atoms with Crippen LogP contribution in [0.25, 0.3) is 0 Å². The van der Waals surface area contributed by atoms with Crippen molar-refractivity contribution >= 4 is 17.5 Å². The Kier molecular flexibility index (Phi) is 5.86. The molecule has 6 nitrogen and oxygen atoms in total. The number of carbonyl (C=O) groups is 1. The molecule has 1 amide bonds. The maximum Gasteiger partial charge on any atom is 0.252 e. The van der Waals surface area contributed by atoms with Gasteiger partial charge in [-0.05, 0) is 56.8 Å². The maximum absolute atomic E-state index is 12.5. The number of rotatable bonds is 6. The van der Waals surface area contributed by atoms with Crippen molar-refractivity contribution in [2.45, 2.75) is 57.9 Å². The predicted molar refractivity (Wildman–Crippen MR) is 105 cm³/mol. The van der Waals surface area contributed by atoms with Crippen molar-refractivity contribution in [2.75, 3.05) is 6.54 Å². The van der Waals surface area contributed by atoms with E-state index in [0.29, 0.717) is 35.3 Å². The Labute approximate surface area is 164 Å². The average molecular weight is 391 g/mol. The summed E-state index contributed by atoms with van der Waals surface area (Å²) in [7, 11) is 0. The molecule has 1 aromatic carbocycles. The summed E-state index contributed by atoms with van der Waals surface area (Å²) < 4.78 is 5.50. The highest BCUT2D eigenvalue weighted by Crippen LogP contribution is 2.38. The Morgan fingerprint density at radius 3 is 2.74 bits per heavy atom. The summed E-state index contributed by atoms with van der Waals surface area (Å²) in [5.74, 6) is 0.804. The molecular weight excluding hydrogens is 364 g/mol. The van der Waals surface area contributed by atoms with Crippen molar-refractivity contribution in [1.29, 1.82) is 0 Å². The Morgan fingerprint density at radius 2 is 2.07 bits per heavy atom. The molecule has 27 heavy (non-hydrogen) atoms.